The standard InChI is InChI=1S/C17H23N3O2/c1-2-20-15-4-3-13(11-14(15)12-17(20)22)16(21)5-8-19-9-6-18-7-10-19/h3-4,11,18H,2,5-10,12H2,1H3. The molecule has 0 aromatic heterocycles. The first-order valence-corrected chi connectivity index (χ1v) is 8.08. The molecule has 5 nitrogen and oxygen atoms in total. The summed E-state index contributed by atoms with van der Waals surface area (Å²) in [5.74, 6) is 0.298. The van der Waals surface area contributed by atoms with Gasteiger partial charge in [0.15, 0.2) is 5.78 Å². The van der Waals surface area contributed by atoms with Gasteiger partial charge in [0, 0.05) is 56.9 Å². The minimum Gasteiger partial charge on any atom is -0.314 e. The number of nitrogens with zero attached hydrogens (tertiary/aromatic N) is 2. The molecule has 0 aliphatic carbocycles. The van der Waals surface area contributed by atoms with Gasteiger partial charge in [-0.15, -0.1) is 0 Å². The molecule has 1 N–H and O–H groups in total. The van der Waals surface area contributed by atoms with Crippen LogP contribution in [0.2, 0.25) is 0 Å². The number of fused-ring (bicyclic) bond motifs is 1. The van der Waals surface area contributed by atoms with E-state index in [4.69, 9.17) is 0 Å². The number of Topliss-reactive ketones (excluding diaryl/α,β-unsaturated/α-hetero) is 1. The lowest BCUT2D eigenvalue weighted by molar-refractivity contribution is -0.117. The van der Waals surface area contributed by atoms with Gasteiger partial charge in [-0.2, -0.15) is 0 Å². The van der Waals surface area contributed by atoms with Crippen molar-refractivity contribution >= 4 is 17.4 Å². The van der Waals surface area contributed by atoms with E-state index in [2.05, 4.69) is 10.2 Å². The van der Waals surface area contributed by atoms with Gasteiger partial charge in [-0.05, 0) is 30.7 Å². The highest BCUT2D eigenvalue weighted by Crippen LogP contribution is 2.29. The van der Waals surface area contributed by atoms with Crippen LogP contribution in [0, 0.1) is 0 Å². The lowest BCUT2D eigenvalue weighted by Gasteiger charge is -2.26. The Morgan fingerprint density at radius 1 is 1.27 bits per heavy atom. The van der Waals surface area contributed by atoms with Crippen LogP contribution in [0.4, 0.5) is 5.69 Å². The van der Waals surface area contributed by atoms with Gasteiger partial charge in [-0.1, -0.05) is 0 Å². The molecule has 5 heteroatoms. The number of nitrogens with one attached hydrogen (secondary N) is 1. The third-order valence-electron chi connectivity index (χ3n) is 4.52. The number of rotatable bonds is 5. The number of carbonyl (C=O) groups is 2. The van der Waals surface area contributed by atoms with Crippen molar-refractivity contribution in [1.29, 1.82) is 0 Å². The molecule has 0 unspecified atom stereocenters. The molecule has 0 bridgehead atoms. The predicted molar refractivity (Wildman–Crippen MR) is 86.4 cm³/mol. The van der Waals surface area contributed by atoms with Crippen LogP contribution in [0.15, 0.2) is 18.2 Å². The summed E-state index contributed by atoms with van der Waals surface area (Å²) in [6.07, 6.45) is 0.965. The molecule has 0 radical (unpaired) electrons. The Balaban J connectivity index is 1.64. The Bertz CT molecular complexity index is 579. The topological polar surface area (TPSA) is 52.7 Å². The highest BCUT2D eigenvalue weighted by Gasteiger charge is 2.26. The maximum absolute atomic E-state index is 12.4. The maximum atomic E-state index is 12.4. The molecule has 118 valence electrons. The van der Waals surface area contributed by atoms with Crippen LogP contribution in [0.5, 0.6) is 0 Å². The van der Waals surface area contributed by atoms with E-state index in [0.717, 1.165) is 49.5 Å². The molecule has 1 amide bonds. The molecule has 1 saturated heterocycles. The van der Waals surface area contributed by atoms with Gasteiger partial charge in [-0.25, -0.2) is 0 Å². The Kier molecular flexibility index (Phi) is 4.55. The van der Waals surface area contributed by atoms with E-state index in [1.807, 2.05) is 25.1 Å². The first-order chi connectivity index (χ1) is 10.7. The molecule has 0 saturated carbocycles. The van der Waals surface area contributed by atoms with E-state index < -0.39 is 0 Å². The number of hydrogen-bond acceptors (Lipinski definition) is 4. The number of piperazine rings is 1. The largest absolute Gasteiger partial charge is 0.314 e. The number of benzene rings is 1. The molecule has 1 fully saturated rings. The third-order valence-corrected chi connectivity index (χ3v) is 4.52. The summed E-state index contributed by atoms with van der Waals surface area (Å²) in [5, 5.41) is 3.31. The Hall–Kier alpha value is -1.72. The van der Waals surface area contributed by atoms with Crippen molar-refractivity contribution in [3.05, 3.63) is 29.3 Å². The van der Waals surface area contributed by atoms with Crippen molar-refractivity contribution in [2.45, 2.75) is 19.8 Å². The quantitative estimate of drug-likeness (QED) is 0.827. The second-order valence-electron chi connectivity index (χ2n) is 5.92. The number of carbonyl (C=O) groups excluding carboxylic acids is 2. The second kappa shape index (κ2) is 6.58. The fourth-order valence-electron chi connectivity index (χ4n) is 3.24. The Morgan fingerprint density at radius 2 is 2.05 bits per heavy atom. The lowest BCUT2D eigenvalue weighted by atomic mass is 10.0. The molecular formula is C17H23N3O2. The van der Waals surface area contributed by atoms with Crippen molar-refractivity contribution in [2.75, 3.05) is 44.2 Å². The highest BCUT2D eigenvalue weighted by molar-refractivity contribution is 6.03. The lowest BCUT2D eigenvalue weighted by Crippen LogP contribution is -2.44. The van der Waals surface area contributed by atoms with Crippen LogP contribution < -0.4 is 10.2 Å². The molecule has 0 spiro atoms. The third kappa shape index (κ3) is 3.05. The zero-order valence-electron chi connectivity index (χ0n) is 13.1. The summed E-state index contributed by atoms with van der Waals surface area (Å²) in [6.45, 7) is 7.50. The first kappa shape index (κ1) is 15.2. The van der Waals surface area contributed by atoms with Gasteiger partial charge in [0.2, 0.25) is 5.91 Å². The summed E-state index contributed by atoms with van der Waals surface area (Å²) >= 11 is 0. The van der Waals surface area contributed by atoms with Crippen molar-refractivity contribution < 1.29 is 9.59 Å². The van der Waals surface area contributed by atoms with E-state index in [0.29, 0.717) is 19.4 Å². The van der Waals surface area contributed by atoms with Crippen LogP contribution in [0.3, 0.4) is 0 Å². The average Bonchev–Trinajstić information content (AvgIpc) is 2.87. The average molecular weight is 301 g/mol. The monoisotopic (exact) mass is 301 g/mol. The van der Waals surface area contributed by atoms with Crippen LogP contribution in [-0.4, -0.2) is 55.9 Å². The molecule has 2 aliphatic rings. The maximum Gasteiger partial charge on any atom is 0.231 e. The van der Waals surface area contributed by atoms with E-state index in [-0.39, 0.29) is 11.7 Å². The van der Waals surface area contributed by atoms with Crippen molar-refractivity contribution in [3.63, 3.8) is 0 Å². The first-order valence-electron chi connectivity index (χ1n) is 8.08. The van der Waals surface area contributed by atoms with Gasteiger partial charge < -0.3 is 15.1 Å². The number of anilines is 1. The fraction of sp³-hybridized carbons (Fsp3) is 0.529. The molecular weight excluding hydrogens is 278 g/mol. The molecule has 1 aromatic rings. The van der Waals surface area contributed by atoms with Gasteiger partial charge >= 0.3 is 0 Å². The number of ketones is 1. The zero-order chi connectivity index (χ0) is 15.5. The van der Waals surface area contributed by atoms with Crippen LogP contribution in [0.25, 0.3) is 0 Å². The predicted octanol–water partition coefficient (Wildman–Crippen LogP) is 1.07. The summed E-state index contributed by atoms with van der Waals surface area (Å²) < 4.78 is 0. The Morgan fingerprint density at radius 3 is 2.77 bits per heavy atom. The zero-order valence-corrected chi connectivity index (χ0v) is 13.1. The van der Waals surface area contributed by atoms with Gasteiger partial charge in [0.25, 0.3) is 0 Å². The van der Waals surface area contributed by atoms with Gasteiger partial charge in [0.1, 0.15) is 0 Å². The second-order valence-corrected chi connectivity index (χ2v) is 5.92. The van der Waals surface area contributed by atoms with Crippen LogP contribution in [-0.2, 0) is 11.2 Å². The smallest absolute Gasteiger partial charge is 0.231 e. The van der Waals surface area contributed by atoms with Gasteiger partial charge in [0.05, 0.1) is 6.42 Å². The van der Waals surface area contributed by atoms with Crippen molar-refractivity contribution in [1.82, 2.24) is 10.2 Å². The van der Waals surface area contributed by atoms with Crippen LogP contribution >= 0.6 is 0 Å². The minimum atomic E-state index is 0.128. The van der Waals surface area contributed by atoms with Gasteiger partial charge in [-0.3, -0.25) is 9.59 Å². The summed E-state index contributed by atoms with van der Waals surface area (Å²) in [5.41, 5.74) is 2.69. The molecule has 1 aromatic carbocycles. The van der Waals surface area contributed by atoms with E-state index in [1.54, 1.807) is 4.90 Å². The fourth-order valence-corrected chi connectivity index (χ4v) is 3.24. The van der Waals surface area contributed by atoms with Crippen molar-refractivity contribution in [2.24, 2.45) is 0 Å². The van der Waals surface area contributed by atoms with E-state index in [9.17, 15) is 9.59 Å². The highest BCUT2D eigenvalue weighted by atomic mass is 16.2. The normalized spacial score (nSPS) is 18.6. The Labute approximate surface area is 131 Å². The molecule has 0 atom stereocenters. The van der Waals surface area contributed by atoms with E-state index in [1.165, 1.54) is 0 Å². The van der Waals surface area contributed by atoms with E-state index >= 15 is 0 Å². The molecule has 2 aliphatic heterocycles. The molecule has 22 heavy (non-hydrogen) atoms. The SMILES string of the molecule is CCN1C(=O)Cc2cc(C(=O)CCN3CCNCC3)ccc21. The number of likely N-dealkylation sites (N-methyl/N-ethyl adjacent to an activating group) is 1. The van der Waals surface area contributed by atoms with Crippen molar-refractivity contribution in [3.8, 4) is 0 Å². The summed E-state index contributed by atoms with van der Waals surface area (Å²) in [4.78, 5) is 28.4. The molecule has 2 heterocycles. The summed E-state index contributed by atoms with van der Waals surface area (Å²) in [6, 6.07) is 5.69. The number of amides is 1. The minimum absolute atomic E-state index is 0.128. The summed E-state index contributed by atoms with van der Waals surface area (Å²) in [7, 11) is 0. The van der Waals surface area contributed by atoms with Crippen LogP contribution in [0.1, 0.15) is 29.3 Å². The number of hydrogen-bond donors (Lipinski definition) is 1. The molecule has 3 rings (SSSR count).